The minimum Gasteiger partial charge on any atom is -0.496 e. The Morgan fingerprint density at radius 2 is 1.80 bits per heavy atom. The average Bonchev–Trinajstić information content (AvgIpc) is 3.72. The summed E-state index contributed by atoms with van der Waals surface area (Å²) < 4.78 is 16.4. The van der Waals surface area contributed by atoms with Crippen molar-refractivity contribution < 1.29 is 34.0 Å². The van der Waals surface area contributed by atoms with E-state index in [4.69, 9.17) is 14.2 Å². The zero-order valence-electron chi connectivity index (χ0n) is 22.9. The van der Waals surface area contributed by atoms with Gasteiger partial charge >= 0.3 is 12.1 Å². The number of carbonyl (C=O) groups is 2. The van der Waals surface area contributed by atoms with Crippen molar-refractivity contribution in [3.63, 3.8) is 0 Å². The van der Waals surface area contributed by atoms with E-state index in [9.17, 15) is 25.1 Å². The van der Waals surface area contributed by atoms with E-state index in [-0.39, 0.29) is 36.6 Å². The van der Waals surface area contributed by atoms with E-state index in [0.29, 0.717) is 40.5 Å². The fraction of sp³-hybridized carbons (Fsp3) is 0.414. The molecule has 3 N–H and O–H groups in total. The number of nitrogens with one attached hydrogen (secondary N) is 1. The molecule has 0 aliphatic heterocycles. The normalized spacial score (nSPS) is 17.1. The fourth-order valence-electron chi connectivity index (χ4n) is 4.88. The second kappa shape index (κ2) is 13.9. The van der Waals surface area contributed by atoms with Crippen LogP contribution >= 0.6 is 22.7 Å². The highest BCUT2D eigenvalue weighted by Crippen LogP contribution is 2.38. The second-order valence-electron chi connectivity index (χ2n) is 9.72. The number of anilines is 1. The van der Waals surface area contributed by atoms with Crippen molar-refractivity contribution >= 4 is 40.4 Å². The van der Waals surface area contributed by atoms with Gasteiger partial charge in [-0.2, -0.15) is 5.26 Å². The summed E-state index contributed by atoms with van der Waals surface area (Å²) in [4.78, 5) is 28.8. The van der Waals surface area contributed by atoms with E-state index in [0.717, 1.165) is 12.8 Å². The highest BCUT2D eigenvalue weighted by atomic mass is 32.1. The van der Waals surface area contributed by atoms with E-state index >= 15 is 0 Å². The van der Waals surface area contributed by atoms with Gasteiger partial charge in [-0.1, -0.05) is 12.1 Å². The number of thiophene rings is 2. The molecular weight excluding hydrogens is 566 g/mol. The number of hydrogen-bond acceptors (Lipinski definition) is 11. The maximum atomic E-state index is 13.2. The summed E-state index contributed by atoms with van der Waals surface area (Å²) in [6, 6.07) is 12.2. The molecule has 1 aliphatic carbocycles. The van der Waals surface area contributed by atoms with E-state index in [1.165, 1.54) is 41.9 Å². The fourth-order valence-corrected chi connectivity index (χ4v) is 6.59. The molecule has 12 heteroatoms. The molecule has 41 heavy (non-hydrogen) atoms. The van der Waals surface area contributed by atoms with Gasteiger partial charge in [0.15, 0.2) is 0 Å². The standard InChI is InChI=1S/C29H33N3O7S2/c1-32(11-12-38-28(35)31-23-16-24(37-2)20(18-33)15-19(23)17-30)21-7-9-22(10-8-21)39-27(34)29(36,25-5-3-13-40-25)26-6-4-14-41-26/h3-6,13-16,21-22,33,36H,7-12,18H2,1-2H3,(H,31,35). The highest BCUT2D eigenvalue weighted by Gasteiger charge is 2.45. The maximum Gasteiger partial charge on any atom is 0.411 e. The van der Waals surface area contributed by atoms with Gasteiger partial charge in [-0.3, -0.25) is 5.32 Å². The quantitative estimate of drug-likeness (QED) is 0.273. The lowest BCUT2D eigenvalue weighted by molar-refractivity contribution is -0.169. The lowest BCUT2D eigenvalue weighted by Crippen LogP contribution is -2.42. The summed E-state index contributed by atoms with van der Waals surface area (Å²) in [7, 11) is 3.39. The molecule has 218 valence electrons. The molecule has 1 saturated carbocycles. The third-order valence-electron chi connectivity index (χ3n) is 7.22. The van der Waals surface area contributed by atoms with Crippen molar-refractivity contribution in [2.45, 2.75) is 50.0 Å². The highest BCUT2D eigenvalue weighted by molar-refractivity contribution is 7.12. The summed E-state index contributed by atoms with van der Waals surface area (Å²) in [5.41, 5.74) is -0.952. The maximum absolute atomic E-state index is 13.2. The SMILES string of the molecule is COc1cc(NC(=O)OCCN(C)C2CCC(OC(=O)C(O)(c3cccs3)c3cccs3)CC2)c(C#N)cc1CO. The van der Waals surface area contributed by atoms with Gasteiger partial charge in [-0.25, -0.2) is 9.59 Å². The number of likely N-dealkylation sites (N-methyl/N-ethyl adjacent to an activating group) is 1. The Balaban J connectivity index is 1.24. The number of carbonyl (C=O) groups excluding carboxylic acids is 2. The molecule has 0 unspecified atom stereocenters. The lowest BCUT2D eigenvalue weighted by Gasteiger charge is -2.35. The monoisotopic (exact) mass is 599 g/mol. The molecule has 0 saturated heterocycles. The summed E-state index contributed by atoms with van der Waals surface area (Å²) >= 11 is 2.63. The van der Waals surface area contributed by atoms with Gasteiger partial charge in [0.05, 0.1) is 34.7 Å². The van der Waals surface area contributed by atoms with Crippen LogP contribution in [0.25, 0.3) is 0 Å². The molecule has 1 fully saturated rings. The Morgan fingerprint density at radius 1 is 1.15 bits per heavy atom. The van der Waals surface area contributed by atoms with Crippen LogP contribution in [-0.4, -0.2) is 66.6 Å². The third-order valence-corrected chi connectivity index (χ3v) is 9.17. The summed E-state index contributed by atoms with van der Waals surface area (Å²) in [6.07, 6.45) is 1.92. The molecule has 0 bridgehead atoms. The van der Waals surface area contributed by atoms with Crippen LogP contribution in [0.5, 0.6) is 5.75 Å². The molecule has 1 amide bonds. The van der Waals surface area contributed by atoms with E-state index in [1.54, 1.807) is 24.3 Å². The number of nitriles is 1. The molecule has 4 rings (SSSR count). The van der Waals surface area contributed by atoms with Crippen LogP contribution in [0.2, 0.25) is 0 Å². The number of aliphatic hydroxyl groups is 2. The molecule has 2 heterocycles. The van der Waals surface area contributed by atoms with Crippen molar-refractivity contribution in [2.24, 2.45) is 0 Å². The number of nitrogens with zero attached hydrogens (tertiary/aromatic N) is 2. The van der Waals surface area contributed by atoms with Crippen molar-refractivity contribution in [3.8, 4) is 11.8 Å². The number of aliphatic hydroxyl groups excluding tert-OH is 1. The van der Waals surface area contributed by atoms with Crippen molar-refractivity contribution in [3.05, 3.63) is 68.0 Å². The van der Waals surface area contributed by atoms with Crippen LogP contribution in [0.4, 0.5) is 10.5 Å². The number of rotatable bonds is 11. The van der Waals surface area contributed by atoms with Crippen LogP contribution in [-0.2, 0) is 26.5 Å². The van der Waals surface area contributed by atoms with Gasteiger partial charge in [0.25, 0.3) is 0 Å². The zero-order chi connectivity index (χ0) is 29.4. The van der Waals surface area contributed by atoms with Gasteiger partial charge in [-0.05, 0) is 61.7 Å². The van der Waals surface area contributed by atoms with E-state index in [1.807, 2.05) is 23.9 Å². The minimum absolute atomic E-state index is 0.139. The third kappa shape index (κ3) is 7.06. The van der Waals surface area contributed by atoms with E-state index < -0.39 is 17.7 Å². The van der Waals surface area contributed by atoms with Crippen LogP contribution in [0.3, 0.4) is 0 Å². The molecule has 0 radical (unpaired) electrons. The van der Waals surface area contributed by atoms with Gasteiger partial charge < -0.3 is 29.3 Å². The Hall–Kier alpha value is -3.47. The first-order chi connectivity index (χ1) is 19.8. The number of ether oxygens (including phenoxy) is 3. The van der Waals surface area contributed by atoms with Crippen molar-refractivity contribution in [1.29, 1.82) is 5.26 Å². The average molecular weight is 600 g/mol. The Kier molecular flexibility index (Phi) is 10.4. The zero-order valence-corrected chi connectivity index (χ0v) is 24.5. The molecule has 0 atom stereocenters. The number of hydrogen-bond donors (Lipinski definition) is 3. The Morgan fingerprint density at radius 3 is 2.34 bits per heavy atom. The lowest BCUT2D eigenvalue weighted by atomic mass is 9.91. The number of methoxy groups -OCH3 is 1. The van der Waals surface area contributed by atoms with Crippen LogP contribution in [0, 0.1) is 11.3 Å². The minimum atomic E-state index is -1.81. The molecule has 3 aromatic rings. The second-order valence-corrected chi connectivity index (χ2v) is 11.6. The first-order valence-electron chi connectivity index (χ1n) is 13.2. The summed E-state index contributed by atoms with van der Waals surface area (Å²) in [6.45, 7) is 0.336. The molecule has 10 nitrogen and oxygen atoms in total. The molecular formula is C29H33N3O7S2. The van der Waals surface area contributed by atoms with Crippen LogP contribution in [0.1, 0.15) is 46.6 Å². The van der Waals surface area contributed by atoms with Crippen molar-refractivity contribution in [1.82, 2.24) is 4.90 Å². The largest absolute Gasteiger partial charge is 0.496 e. The first-order valence-corrected chi connectivity index (χ1v) is 14.9. The number of esters is 1. The number of amides is 1. The molecule has 1 aliphatic rings. The van der Waals surface area contributed by atoms with Gasteiger partial charge in [0.2, 0.25) is 5.60 Å². The summed E-state index contributed by atoms with van der Waals surface area (Å²) in [5, 5.41) is 36.5. The summed E-state index contributed by atoms with van der Waals surface area (Å²) in [5.74, 6) is -0.299. The smallest absolute Gasteiger partial charge is 0.411 e. The molecule has 0 spiro atoms. The Bertz CT molecular complexity index is 1310. The van der Waals surface area contributed by atoms with Gasteiger partial charge in [-0.15, -0.1) is 22.7 Å². The van der Waals surface area contributed by atoms with Gasteiger partial charge in [0.1, 0.15) is 24.5 Å². The van der Waals surface area contributed by atoms with Gasteiger partial charge in [0, 0.05) is 24.2 Å². The topological polar surface area (TPSA) is 141 Å². The molecule has 1 aromatic carbocycles. The van der Waals surface area contributed by atoms with Crippen LogP contribution < -0.4 is 10.1 Å². The number of benzene rings is 1. The molecule has 2 aromatic heterocycles. The van der Waals surface area contributed by atoms with Crippen LogP contribution in [0.15, 0.2) is 47.2 Å². The predicted octanol–water partition coefficient (Wildman–Crippen LogP) is 4.45. The van der Waals surface area contributed by atoms with Crippen molar-refractivity contribution in [2.75, 3.05) is 32.6 Å². The first kappa shape index (κ1) is 30.5. The predicted molar refractivity (Wildman–Crippen MR) is 155 cm³/mol. The van der Waals surface area contributed by atoms with E-state index in [2.05, 4.69) is 10.2 Å². The Labute approximate surface area is 246 Å².